The minimum absolute atomic E-state index is 0.0772. The summed E-state index contributed by atoms with van der Waals surface area (Å²) in [6.45, 7) is 2.01. The van der Waals surface area contributed by atoms with Crippen molar-refractivity contribution in [1.82, 2.24) is 19.1 Å². The fourth-order valence-corrected chi connectivity index (χ4v) is 5.06. The maximum atomic E-state index is 11.8. The normalized spacial score (nSPS) is 31.7. The van der Waals surface area contributed by atoms with Gasteiger partial charge in [-0.1, -0.05) is 0 Å². The highest BCUT2D eigenvalue weighted by Crippen LogP contribution is 2.43. The molecule has 3 N–H and O–H groups in total. The lowest BCUT2D eigenvalue weighted by Gasteiger charge is -2.52. The van der Waals surface area contributed by atoms with E-state index in [0.717, 1.165) is 0 Å². The molecule has 0 saturated carbocycles. The Morgan fingerprint density at radius 3 is 3.10 bits per heavy atom. The number of aromatic nitrogens is 3. The molecule has 21 heavy (non-hydrogen) atoms. The molecule has 1 amide bonds. The number of rotatable bonds is 4. The Morgan fingerprint density at radius 1 is 1.71 bits per heavy atom. The predicted molar refractivity (Wildman–Crippen MR) is 78.6 cm³/mol. The molecule has 3 atom stereocenters. The minimum atomic E-state index is -0.974. The summed E-state index contributed by atoms with van der Waals surface area (Å²) in [6.07, 6.45) is 1.55. The van der Waals surface area contributed by atoms with E-state index >= 15 is 0 Å². The average molecular weight is 329 g/mol. The molecule has 2 aliphatic rings. The highest BCUT2D eigenvalue weighted by atomic mass is 32.2. The molecule has 0 radical (unpaired) electrons. The smallest absolute Gasteiger partial charge is 0.313 e. The summed E-state index contributed by atoms with van der Waals surface area (Å²) in [4.78, 5) is 25.1. The van der Waals surface area contributed by atoms with Gasteiger partial charge in [-0.25, -0.2) is 0 Å². The highest BCUT2D eigenvalue weighted by molar-refractivity contribution is 8.00. The first-order valence-electron chi connectivity index (χ1n) is 6.36. The average Bonchev–Trinajstić information content (AvgIpc) is 2.89. The van der Waals surface area contributed by atoms with E-state index in [-0.39, 0.29) is 17.8 Å². The maximum absolute atomic E-state index is 11.8. The molecule has 2 aliphatic heterocycles. The number of amides is 1. The largest absolute Gasteiger partial charge is 0.481 e. The third-order valence-electron chi connectivity index (χ3n) is 3.80. The van der Waals surface area contributed by atoms with Gasteiger partial charge in [0.05, 0.1) is 0 Å². The van der Waals surface area contributed by atoms with Gasteiger partial charge >= 0.3 is 5.97 Å². The van der Waals surface area contributed by atoms with Crippen molar-refractivity contribution in [3.05, 3.63) is 12.2 Å². The van der Waals surface area contributed by atoms with Gasteiger partial charge in [0.25, 0.3) is 0 Å². The number of carboxylic acid groups (broad SMARTS) is 1. The summed E-state index contributed by atoms with van der Waals surface area (Å²) >= 11 is 2.79. The summed E-state index contributed by atoms with van der Waals surface area (Å²) in [6, 6.07) is -0.491. The van der Waals surface area contributed by atoms with Crippen LogP contribution in [0, 0.1) is 12.3 Å². The topological polar surface area (TPSA) is 114 Å². The summed E-state index contributed by atoms with van der Waals surface area (Å²) in [5.41, 5.74) is 4.75. The monoisotopic (exact) mass is 329 g/mol. The zero-order chi connectivity index (χ0) is 15.2. The van der Waals surface area contributed by atoms with E-state index in [1.54, 1.807) is 22.1 Å². The number of carboxylic acids is 1. The van der Waals surface area contributed by atoms with Gasteiger partial charge in [0.2, 0.25) is 5.91 Å². The number of carbonyl (C=O) groups excluding carboxylic acids is 1. The third-order valence-corrected chi connectivity index (χ3v) is 6.72. The molecule has 2 saturated heterocycles. The van der Waals surface area contributed by atoms with Crippen molar-refractivity contribution in [2.45, 2.75) is 18.3 Å². The Kier molecular flexibility index (Phi) is 3.62. The van der Waals surface area contributed by atoms with Crippen molar-refractivity contribution >= 4 is 35.6 Å². The molecule has 3 heterocycles. The number of hydrogen-bond donors (Lipinski definition) is 2. The van der Waals surface area contributed by atoms with Gasteiger partial charge in [-0.05, 0) is 18.9 Å². The van der Waals surface area contributed by atoms with Crippen LogP contribution < -0.4 is 5.73 Å². The third kappa shape index (κ3) is 2.30. The number of hydrogen-bond acceptors (Lipinski definition) is 7. The predicted octanol–water partition coefficient (Wildman–Crippen LogP) is -0.604. The van der Waals surface area contributed by atoms with Crippen molar-refractivity contribution in [3.8, 4) is 0 Å². The van der Waals surface area contributed by atoms with E-state index in [4.69, 9.17) is 5.73 Å². The van der Waals surface area contributed by atoms with Gasteiger partial charge in [0, 0.05) is 18.1 Å². The molecule has 8 nitrogen and oxygen atoms in total. The Bertz CT molecular complexity index is 594. The van der Waals surface area contributed by atoms with Crippen molar-refractivity contribution in [1.29, 1.82) is 0 Å². The van der Waals surface area contributed by atoms with Crippen molar-refractivity contribution in [3.63, 3.8) is 0 Å². The molecule has 1 aromatic rings. The van der Waals surface area contributed by atoms with E-state index in [0.29, 0.717) is 17.3 Å². The van der Waals surface area contributed by atoms with Gasteiger partial charge in [-0.2, -0.15) is 0 Å². The Hall–Kier alpha value is -1.26. The molecular weight excluding hydrogens is 314 g/mol. The maximum Gasteiger partial charge on any atom is 0.313 e. The number of β-lactam (4-membered cyclic amide) rings is 1. The van der Waals surface area contributed by atoms with Crippen LogP contribution in [0.15, 0.2) is 6.33 Å². The van der Waals surface area contributed by atoms with Crippen LogP contribution in [0.3, 0.4) is 0 Å². The van der Waals surface area contributed by atoms with Crippen LogP contribution in [0.4, 0.5) is 0 Å². The van der Waals surface area contributed by atoms with E-state index in [1.807, 2.05) is 0 Å². The number of aliphatic carboxylic acids is 1. The summed E-state index contributed by atoms with van der Waals surface area (Å²) in [5.74, 6) is 0.450. The van der Waals surface area contributed by atoms with Crippen molar-refractivity contribution in [2.75, 3.05) is 18.1 Å². The SMILES string of the molecule is Cc1nncn1SCC1(C(=O)O)CS[C@@H]2C(N)C(=O)N2C1. The molecule has 1 aromatic heterocycles. The van der Waals surface area contributed by atoms with Crippen LogP contribution >= 0.6 is 23.7 Å². The highest BCUT2D eigenvalue weighted by Gasteiger charge is 2.55. The second-order valence-electron chi connectivity index (χ2n) is 5.26. The number of aryl methyl sites for hydroxylation is 1. The molecule has 0 aromatic carbocycles. The van der Waals surface area contributed by atoms with E-state index in [2.05, 4.69) is 10.2 Å². The van der Waals surface area contributed by atoms with Gasteiger partial charge in [-0.3, -0.25) is 13.6 Å². The second kappa shape index (κ2) is 5.18. The van der Waals surface area contributed by atoms with Crippen LogP contribution in [0.25, 0.3) is 0 Å². The molecular formula is C11H15N5O3S2. The first kappa shape index (κ1) is 14.7. The summed E-state index contributed by atoms with van der Waals surface area (Å²) in [7, 11) is 0. The number of fused-ring (bicyclic) bond motifs is 1. The van der Waals surface area contributed by atoms with Crippen molar-refractivity contribution < 1.29 is 14.7 Å². The molecule has 0 spiro atoms. The molecule has 3 rings (SSSR count). The first-order chi connectivity index (χ1) is 9.94. The lowest BCUT2D eigenvalue weighted by atomic mass is 9.89. The van der Waals surface area contributed by atoms with Gasteiger partial charge in [0.1, 0.15) is 29.0 Å². The lowest BCUT2D eigenvalue weighted by Crippen LogP contribution is -2.72. The number of nitrogens with two attached hydrogens (primary N) is 1. The molecule has 114 valence electrons. The Balaban J connectivity index is 1.74. The zero-order valence-electron chi connectivity index (χ0n) is 11.3. The van der Waals surface area contributed by atoms with Gasteiger partial charge in [-0.15, -0.1) is 22.0 Å². The summed E-state index contributed by atoms with van der Waals surface area (Å²) < 4.78 is 1.74. The fraction of sp³-hybridized carbons (Fsp3) is 0.636. The van der Waals surface area contributed by atoms with Gasteiger partial charge < -0.3 is 15.7 Å². The van der Waals surface area contributed by atoms with Gasteiger partial charge in [0.15, 0.2) is 0 Å². The number of nitrogens with zero attached hydrogens (tertiary/aromatic N) is 4. The zero-order valence-corrected chi connectivity index (χ0v) is 12.9. The van der Waals surface area contributed by atoms with Crippen LogP contribution in [0.1, 0.15) is 5.82 Å². The van der Waals surface area contributed by atoms with Crippen LogP contribution in [0.2, 0.25) is 0 Å². The van der Waals surface area contributed by atoms with Crippen molar-refractivity contribution in [2.24, 2.45) is 11.1 Å². The van der Waals surface area contributed by atoms with Crippen LogP contribution in [0.5, 0.6) is 0 Å². The minimum Gasteiger partial charge on any atom is -0.481 e. The van der Waals surface area contributed by atoms with Crippen LogP contribution in [-0.4, -0.2) is 65.5 Å². The molecule has 10 heteroatoms. The second-order valence-corrected chi connectivity index (χ2v) is 7.30. The van der Waals surface area contributed by atoms with E-state index < -0.39 is 17.4 Å². The molecule has 0 aliphatic carbocycles. The molecule has 2 unspecified atom stereocenters. The molecule has 2 fully saturated rings. The summed E-state index contributed by atoms with van der Waals surface area (Å²) in [5, 5.41) is 17.2. The van der Waals surface area contributed by atoms with E-state index in [9.17, 15) is 14.7 Å². The van der Waals surface area contributed by atoms with Crippen LogP contribution in [-0.2, 0) is 9.59 Å². The fourth-order valence-electron chi connectivity index (χ4n) is 2.41. The van der Waals surface area contributed by atoms with E-state index in [1.165, 1.54) is 23.7 Å². The Morgan fingerprint density at radius 2 is 2.48 bits per heavy atom. The number of thioether (sulfide) groups is 1. The quantitative estimate of drug-likeness (QED) is 0.704. The lowest BCUT2D eigenvalue weighted by molar-refractivity contribution is -0.155. The Labute approximate surface area is 129 Å². The standard InChI is InChI=1S/C11H15N5O3S2/c1-6-14-13-5-16(6)21-4-11(10(18)19)2-15-8(17)7(12)9(15)20-3-11/h5,7,9H,2-4,12H2,1H3,(H,18,19)/t7?,9-,11?/m1/s1. The first-order valence-corrected chi connectivity index (χ1v) is 8.35. The number of carbonyl (C=O) groups is 2. The molecule has 0 bridgehead atoms.